The van der Waals surface area contributed by atoms with Crippen LogP contribution in [0.25, 0.3) is 0 Å². The quantitative estimate of drug-likeness (QED) is 0.846. The van der Waals surface area contributed by atoms with Crippen molar-refractivity contribution < 1.29 is 19.4 Å². The molecule has 116 valence electrons. The van der Waals surface area contributed by atoms with E-state index in [9.17, 15) is 19.4 Å². The van der Waals surface area contributed by atoms with Crippen LogP contribution in [0, 0.1) is 11.2 Å². The van der Waals surface area contributed by atoms with Crippen molar-refractivity contribution in [2.24, 2.45) is 5.41 Å². The van der Waals surface area contributed by atoms with Gasteiger partial charge in [0.2, 0.25) is 0 Å². The Hall–Kier alpha value is -1.46. The molecule has 0 saturated carbocycles. The molecule has 1 saturated heterocycles. The highest BCUT2D eigenvalue weighted by Gasteiger charge is 2.42. The average molecular weight is 295 g/mol. The molecular formula is C16H22FNO3. The molecule has 2 atom stereocenters. The topological polar surface area (TPSA) is 60.8 Å². The summed E-state index contributed by atoms with van der Waals surface area (Å²) >= 11 is 0. The molecule has 0 bridgehead atoms. The Kier molecular flexibility index (Phi) is 4.96. The number of aliphatic carboxylic acids is 1. The molecule has 1 aromatic carbocycles. The van der Waals surface area contributed by atoms with E-state index < -0.39 is 17.8 Å². The lowest BCUT2D eigenvalue weighted by atomic mass is 9.83. The van der Waals surface area contributed by atoms with Gasteiger partial charge >= 0.3 is 5.97 Å². The lowest BCUT2D eigenvalue weighted by molar-refractivity contribution is -0.143. The Bertz CT molecular complexity index is 508. The number of carboxylic acid groups (broad SMARTS) is 1. The van der Waals surface area contributed by atoms with Crippen LogP contribution in [0.4, 0.5) is 4.39 Å². The maximum atomic E-state index is 13.9. The van der Waals surface area contributed by atoms with Crippen LogP contribution in [0.15, 0.2) is 24.3 Å². The van der Waals surface area contributed by atoms with Crippen molar-refractivity contribution in [2.75, 3.05) is 19.7 Å². The zero-order valence-corrected chi connectivity index (χ0v) is 12.3. The van der Waals surface area contributed by atoms with Gasteiger partial charge in [0.1, 0.15) is 11.9 Å². The third-order valence-corrected chi connectivity index (χ3v) is 4.38. The molecule has 0 spiro atoms. The first-order valence-electron chi connectivity index (χ1n) is 7.35. The summed E-state index contributed by atoms with van der Waals surface area (Å²) in [7, 11) is 0. The summed E-state index contributed by atoms with van der Waals surface area (Å²) in [5.74, 6) is -1.55. The lowest BCUT2D eigenvalue weighted by Crippen LogP contribution is -2.36. The summed E-state index contributed by atoms with van der Waals surface area (Å²) in [6.45, 7) is 3.14. The van der Waals surface area contributed by atoms with Crippen LogP contribution in [0.3, 0.4) is 0 Å². The first kappa shape index (κ1) is 15.9. The van der Waals surface area contributed by atoms with Crippen molar-refractivity contribution in [2.45, 2.75) is 32.2 Å². The molecular weight excluding hydrogens is 273 g/mol. The summed E-state index contributed by atoms with van der Waals surface area (Å²) < 4.78 is 13.9. The average Bonchev–Trinajstić information content (AvgIpc) is 2.86. The molecule has 2 N–H and O–H groups in total. The zero-order valence-electron chi connectivity index (χ0n) is 12.3. The molecule has 21 heavy (non-hydrogen) atoms. The van der Waals surface area contributed by atoms with Gasteiger partial charge in [-0.25, -0.2) is 4.39 Å². The molecule has 0 amide bonds. The van der Waals surface area contributed by atoms with E-state index in [4.69, 9.17) is 0 Å². The minimum atomic E-state index is -1.05. The van der Waals surface area contributed by atoms with Crippen molar-refractivity contribution >= 4 is 5.97 Å². The largest absolute Gasteiger partial charge is 0.480 e. The van der Waals surface area contributed by atoms with Gasteiger partial charge in [0.05, 0.1) is 0 Å². The first-order chi connectivity index (χ1) is 10.0. The molecule has 5 heteroatoms. The van der Waals surface area contributed by atoms with Gasteiger partial charge in [-0.15, -0.1) is 0 Å². The Morgan fingerprint density at radius 1 is 1.48 bits per heavy atom. The minimum absolute atomic E-state index is 0.0426. The fourth-order valence-electron chi connectivity index (χ4n) is 3.32. The molecule has 1 aliphatic rings. The van der Waals surface area contributed by atoms with Gasteiger partial charge in [-0.1, -0.05) is 31.5 Å². The van der Waals surface area contributed by atoms with Gasteiger partial charge in [-0.2, -0.15) is 0 Å². The second kappa shape index (κ2) is 6.54. The number of hydrogen-bond acceptors (Lipinski definition) is 3. The van der Waals surface area contributed by atoms with Gasteiger partial charge in [-0.05, 0) is 25.5 Å². The van der Waals surface area contributed by atoms with E-state index in [1.807, 2.05) is 6.92 Å². The van der Waals surface area contributed by atoms with Crippen molar-refractivity contribution in [3.05, 3.63) is 35.6 Å². The number of benzene rings is 1. The van der Waals surface area contributed by atoms with Crippen LogP contribution >= 0.6 is 0 Å². The highest BCUT2D eigenvalue weighted by Crippen LogP contribution is 2.39. The fourth-order valence-corrected chi connectivity index (χ4v) is 3.32. The van der Waals surface area contributed by atoms with Gasteiger partial charge in [-0.3, -0.25) is 9.69 Å². The maximum absolute atomic E-state index is 13.9. The molecule has 2 unspecified atom stereocenters. The van der Waals surface area contributed by atoms with Gasteiger partial charge < -0.3 is 10.2 Å². The second-order valence-electron chi connectivity index (χ2n) is 5.89. The second-order valence-corrected chi connectivity index (χ2v) is 5.89. The van der Waals surface area contributed by atoms with E-state index in [-0.39, 0.29) is 17.6 Å². The van der Waals surface area contributed by atoms with Crippen molar-refractivity contribution in [1.82, 2.24) is 4.90 Å². The van der Waals surface area contributed by atoms with E-state index in [1.54, 1.807) is 17.0 Å². The number of halogens is 1. The molecule has 2 rings (SSSR count). The molecule has 0 radical (unpaired) electrons. The Labute approximate surface area is 124 Å². The van der Waals surface area contributed by atoms with Crippen LogP contribution in [0.5, 0.6) is 0 Å². The van der Waals surface area contributed by atoms with Crippen LogP contribution in [0.2, 0.25) is 0 Å². The molecule has 1 heterocycles. The van der Waals surface area contributed by atoms with Gasteiger partial charge in [0, 0.05) is 24.1 Å². The number of hydrogen-bond donors (Lipinski definition) is 2. The van der Waals surface area contributed by atoms with E-state index in [0.717, 1.165) is 19.3 Å². The summed E-state index contributed by atoms with van der Waals surface area (Å²) in [4.78, 5) is 13.4. The number of aliphatic hydroxyl groups excluding tert-OH is 1. The normalized spacial score (nSPS) is 24.1. The standard InChI is InChI=1S/C16H22FNO3/c1-2-7-16(11-19)8-9-18(10-16)14(15(20)21)12-5-3-4-6-13(12)17/h3-6,14,19H,2,7-11H2,1H3,(H,20,21). The Balaban J connectivity index is 2.26. The van der Waals surface area contributed by atoms with Crippen molar-refractivity contribution in [1.29, 1.82) is 0 Å². The number of likely N-dealkylation sites (tertiary alicyclic amines) is 1. The maximum Gasteiger partial charge on any atom is 0.325 e. The van der Waals surface area contributed by atoms with Crippen LogP contribution in [-0.4, -0.2) is 40.8 Å². The van der Waals surface area contributed by atoms with Crippen LogP contribution < -0.4 is 0 Å². The van der Waals surface area contributed by atoms with E-state index in [1.165, 1.54) is 12.1 Å². The van der Waals surface area contributed by atoms with Gasteiger partial charge in [0.15, 0.2) is 0 Å². The Morgan fingerprint density at radius 2 is 2.19 bits per heavy atom. The first-order valence-corrected chi connectivity index (χ1v) is 7.35. The predicted octanol–water partition coefficient (Wildman–Crippen LogP) is 2.44. The van der Waals surface area contributed by atoms with E-state index in [2.05, 4.69) is 0 Å². The van der Waals surface area contributed by atoms with E-state index >= 15 is 0 Å². The summed E-state index contributed by atoms with van der Waals surface area (Å²) in [5, 5.41) is 19.2. The highest BCUT2D eigenvalue weighted by atomic mass is 19.1. The lowest BCUT2D eigenvalue weighted by Gasteiger charge is -2.29. The van der Waals surface area contributed by atoms with Crippen LogP contribution in [-0.2, 0) is 4.79 Å². The number of aliphatic hydroxyl groups is 1. The smallest absolute Gasteiger partial charge is 0.325 e. The monoisotopic (exact) mass is 295 g/mol. The zero-order chi connectivity index (χ0) is 15.5. The third kappa shape index (κ3) is 3.24. The molecule has 1 fully saturated rings. The van der Waals surface area contributed by atoms with Gasteiger partial charge in [0.25, 0.3) is 0 Å². The number of nitrogens with zero attached hydrogens (tertiary/aromatic N) is 1. The summed E-state index contributed by atoms with van der Waals surface area (Å²) in [6.07, 6.45) is 2.53. The summed E-state index contributed by atoms with van der Waals surface area (Å²) in [5.41, 5.74) is -0.0662. The fraction of sp³-hybridized carbons (Fsp3) is 0.562. The predicted molar refractivity (Wildman–Crippen MR) is 77.4 cm³/mol. The highest BCUT2D eigenvalue weighted by molar-refractivity contribution is 5.75. The number of carboxylic acids is 1. The molecule has 4 nitrogen and oxygen atoms in total. The summed E-state index contributed by atoms with van der Waals surface area (Å²) in [6, 6.07) is 5.02. The van der Waals surface area contributed by atoms with E-state index in [0.29, 0.717) is 13.1 Å². The molecule has 0 aliphatic carbocycles. The van der Waals surface area contributed by atoms with Crippen molar-refractivity contribution in [3.63, 3.8) is 0 Å². The third-order valence-electron chi connectivity index (χ3n) is 4.38. The van der Waals surface area contributed by atoms with Crippen molar-refractivity contribution in [3.8, 4) is 0 Å². The molecule has 1 aromatic rings. The Morgan fingerprint density at radius 3 is 2.76 bits per heavy atom. The SMILES string of the molecule is CCCC1(CO)CCN(C(C(=O)O)c2ccccc2F)C1. The number of rotatable bonds is 6. The van der Waals surface area contributed by atoms with Crippen LogP contribution in [0.1, 0.15) is 37.8 Å². The minimum Gasteiger partial charge on any atom is -0.480 e. The molecule has 1 aliphatic heterocycles. The molecule has 0 aromatic heterocycles. The number of carbonyl (C=O) groups is 1.